The SMILES string of the molecule is CCCCCCCNc1cnc(-c2ccccc2)nc1. The number of rotatable bonds is 8. The standard InChI is InChI=1S/C17H23N3/c1-2-3-4-5-9-12-18-16-13-19-17(20-14-16)15-10-7-6-8-11-15/h6-8,10-11,13-14,18H,2-5,9,12H2,1H3. The normalized spacial score (nSPS) is 10.4. The second kappa shape index (κ2) is 8.31. The third kappa shape index (κ3) is 4.65. The molecular formula is C17H23N3. The fourth-order valence-electron chi connectivity index (χ4n) is 2.12. The second-order valence-electron chi connectivity index (χ2n) is 5.00. The number of nitrogens with zero attached hydrogens (tertiary/aromatic N) is 2. The van der Waals surface area contributed by atoms with Gasteiger partial charge in [0.05, 0.1) is 18.1 Å². The maximum absolute atomic E-state index is 4.40. The van der Waals surface area contributed by atoms with Crippen LogP contribution in [0.5, 0.6) is 0 Å². The maximum atomic E-state index is 4.40. The summed E-state index contributed by atoms with van der Waals surface area (Å²) in [7, 11) is 0. The first kappa shape index (κ1) is 14.5. The van der Waals surface area contributed by atoms with Crippen molar-refractivity contribution in [3.05, 3.63) is 42.7 Å². The van der Waals surface area contributed by atoms with Crippen molar-refractivity contribution in [3.63, 3.8) is 0 Å². The Balaban J connectivity index is 1.77. The van der Waals surface area contributed by atoms with Gasteiger partial charge in [0.25, 0.3) is 0 Å². The number of benzene rings is 1. The molecule has 2 rings (SSSR count). The first-order valence-electron chi connectivity index (χ1n) is 7.51. The van der Waals surface area contributed by atoms with Crippen molar-refractivity contribution in [2.24, 2.45) is 0 Å². The molecular weight excluding hydrogens is 246 g/mol. The van der Waals surface area contributed by atoms with Crippen LogP contribution in [0, 0.1) is 0 Å². The Kier molecular flexibility index (Phi) is 6.03. The predicted octanol–water partition coefficient (Wildman–Crippen LogP) is 4.53. The van der Waals surface area contributed by atoms with Crippen LogP contribution in [-0.2, 0) is 0 Å². The predicted molar refractivity (Wildman–Crippen MR) is 84.7 cm³/mol. The Morgan fingerprint density at radius 2 is 1.60 bits per heavy atom. The minimum Gasteiger partial charge on any atom is -0.383 e. The van der Waals surface area contributed by atoms with E-state index in [-0.39, 0.29) is 0 Å². The molecule has 1 N–H and O–H groups in total. The number of hydrogen-bond donors (Lipinski definition) is 1. The van der Waals surface area contributed by atoms with E-state index in [2.05, 4.69) is 22.2 Å². The molecule has 3 nitrogen and oxygen atoms in total. The quantitative estimate of drug-likeness (QED) is 0.716. The minimum absolute atomic E-state index is 0.777. The zero-order chi connectivity index (χ0) is 14.0. The average Bonchev–Trinajstić information content (AvgIpc) is 2.52. The smallest absolute Gasteiger partial charge is 0.159 e. The van der Waals surface area contributed by atoms with Crippen LogP contribution in [0.3, 0.4) is 0 Å². The van der Waals surface area contributed by atoms with Crippen molar-refractivity contribution in [3.8, 4) is 11.4 Å². The van der Waals surface area contributed by atoms with Gasteiger partial charge in [-0.3, -0.25) is 0 Å². The molecule has 1 heterocycles. The molecule has 2 aromatic rings. The molecule has 0 atom stereocenters. The van der Waals surface area contributed by atoms with Gasteiger partial charge in [0.1, 0.15) is 0 Å². The number of hydrogen-bond acceptors (Lipinski definition) is 3. The fourth-order valence-corrected chi connectivity index (χ4v) is 2.12. The number of nitrogens with one attached hydrogen (secondary N) is 1. The highest BCUT2D eigenvalue weighted by Crippen LogP contribution is 2.14. The van der Waals surface area contributed by atoms with E-state index in [0.29, 0.717) is 0 Å². The summed E-state index contributed by atoms with van der Waals surface area (Å²) in [5.74, 6) is 0.777. The Morgan fingerprint density at radius 1 is 0.900 bits per heavy atom. The Hall–Kier alpha value is -1.90. The number of aromatic nitrogens is 2. The third-order valence-electron chi connectivity index (χ3n) is 3.29. The summed E-state index contributed by atoms with van der Waals surface area (Å²) in [6.45, 7) is 3.24. The summed E-state index contributed by atoms with van der Waals surface area (Å²) in [5.41, 5.74) is 2.05. The lowest BCUT2D eigenvalue weighted by atomic mass is 10.1. The van der Waals surface area contributed by atoms with E-state index in [1.54, 1.807) is 0 Å². The fraction of sp³-hybridized carbons (Fsp3) is 0.412. The van der Waals surface area contributed by atoms with Gasteiger partial charge >= 0.3 is 0 Å². The van der Waals surface area contributed by atoms with Crippen LogP contribution in [0.25, 0.3) is 11.4 Å². The van der Waals surface area contributed by atoms with Crippen LogP contribution < -0.4 is 5.32 Å². The van der Waals surface area contributed by atoms with Crippen molar-refractivity contribution in [2.75, 3.05) is 11.9 Å². The van der Waals surface area contributed by atoms with Gasteiger partial charge in [-0.15, -0.1) is 0 Å². The van der Waals surface area contributed by atoms with Crippen LogP contribution >= 0.6 is 0 Å². The van der Waals surface area contributed by atoms with Gasteiger partial charge in [-0.05, 0) is 6.42 Å². The van der Waals surface area contributed by atoms with Crippen molar-refractivity contribution in [2.45, 2.75) is 39.0 Å². The molecule has 20 heavy (non-hydrogen) atoms. The molecule has 0 saturated carbocycles. The summed E-state index contributed by atoms with van der Waals surface area (Å²) in [6.07, 6.45) is 10.2. The molecule has 0 aliphatic rings. The van der Waals surface area contributed by atoms with Gasteiger partial charge in [0.2, 0.25) is 0 Å². The van der Waals surface area contributed by atoms with Crippen molar-refractivity contribution < 1.29 is 0 Å². The van der Waals surface area contributed by atoms with Gasteiger partial charge in [-0.25, -0.2) is 9.97 Å². The molecule has 106 valence electrons. The molecule has 0 amide bonds. The van der Waals surface area contributed by atoms with Gasteiger partial charge in [0.15, 0.2) is 5.82 Å². The molecule has 0 spiro atoms. The molecule has 0 fully saturated rings. The summed E-state index contributed by atoms with van der Waals surface area (Å²) < 4.78 is 0. The lowest BCUT2D eigenvalue weighted by Crippen LogP contribution is -2.02. The van der Waals surface area contributed by atoms with Gasteiger partial charge in [-0.1, -0.05) is 62.9 Å². The van der Waals surface area contributed by atoms with E-state index in [9.17, 15) is 0 Å². The van der Waals surface area contributed by atoms with E-state index in [1.165, 1.54) is 32.1 Å². The highest BCUT2D eigenvalue weighted by Gasteiger charge is 2.00. The van der Waals surface area contributed by atoms with Crippen molar-refractivity contribution >= 4 is 5.69 Å². The Bertz CT molecular complexity index is 479. The molecule has 0 aliphatic carbocycles. The summed E-state index contributed by atoms with van der Waals surface area (Å²) >= 11 is 0. The molecule has 0 unspecified atom stereocenters. The lowest BCUT2D eigenvalue weighted by Gasteiger charge is -2.06. The first-order valence-corrected chi connectivity index (χ1v) is 7.51. The molecule has 1 aromatic heterocycles. The summed E-state index contributed by atoms with van der Waals surface area (Å²) in [5, 5.41) is 3.38. The van der Waals surface area contributed by atoms with Crippen LogP contribution in [0.2, 0.25) is 0 Å². The van der Waals surface area contributed by atoms with E-state index in [1.807, 2.05) is 42.7 Å². The maximum Gasteiger partial charge on any atom is 0.159 e. The van der Waals surface area contributed by atoms with Crippen molar-refractivity contribution in [1.82, 2.24) is 9.97 Å². The highest BCUT2D eigenvalue weighted by atomic mass is 14.9. The second-order valence-corrected chi connectivity index (χ2v) is 5.00. The first-order chi connectivity index (χ1) is 9.90. The summed E-state index contributed by atoms with van der Waals surface area (Å²) in [6, 6.07) is 10.0. The van der Waals surface area contributed by atoms with E-state index < -0.39 is 0 Å². The molecule has 0 bridgehead atoms. The Labute approximate surface area is 121 Å². The molecule has 0 saturated heterocycles. The molecule has 1 aromatic carbocycles. The molecule has 3 heteroatoms. The summed E-state index contributed by atoms with van der Waals surface area (Å²) in [4.78, 5) is 8.81. The van der Waals surface area contributed by atoms with E-state index in [4.69, 9.17) is 0 Å². The zero-order valence-corrected chi connectivity index (χ0v) is 12.2. The highest BCUT2D eigenvalue weighted by molar-refractivity contribution is 5.55. The van der Waals surface area contributed by atoms with Crippen LogP contribution in [0.15, 0.2) is 42.7 Å². The molecule has 0 aliphatic heterocycles. The van der Waals surface area contributed by atoms with E-state index >= 15 is 0 Å². The zero-order valence-electron chi connectivity index (χ0n) is 12.2. The van der Waals surface area contributed by atoms with Crippen LogP contribution in [0.4, 0.5) is 5.69 Å². The van der Waals surface area contributed by atoms with Gasteiger partial charge in [0, 0.05) is 12.1 Å². The van der Waals surface area contributed by atoms with Gasteiger partial charge < -0.3 is 5.32 Å². The van der Waals surface area contributed by atoms with Crippen LogP contribution in [0.1, 0.15) is 39.0 Å². The van der Waals surface area contributed by atoms with Crippen molar-refractivity contribution in [1.29, 1.82) is 0 Å². The minimum atomic E-state index is 0.777. The number of anilines is 1. The Morgan fingerprint density at radius 3 is 2.30 bits per heavy atom. The lowest BCUT2D eigenvalue weighted by molar-refractivity contribution is 0.645. The molecule has 0 radical (unpaired) electrons. The average molecular weight is 269 g/mol. The largest absolute Gasteiger partial charge is 0.383 e. The topological polar surface area (TPSA) is 37.8 Å². The van der Waals surface area contributed by atoms with E-state index in [0.717, 1.165) is 23.6 Å². The number of unbranched alkanes of at least 4 members (excludes halogenated alkanes) is 4. The monoisotopic (exact) mass is 269 g/mol. The van der Waals surface area contributed by atoms with Gasteiger partial charge in [-0.2, -0.15) is 0 Å². The van der Waals surface area contributed by atoms with Crippen LogP contribution in [-0.4, -0.2) is 16.5 Å². The third-order valence-corrected chi connectivity index (χ3v) is 3.29.